The first-order chi connectivity index (χ1) is 10.3. The molecule has 1 atom stereocenters. The SMILES string of the molecule is Clc1ccc(CN2CCCC(Nc3ncccn3)C2)cn1. The second-order valence-electron chi connectivity index (χ2n) is 5.28. The van der Waals surface area contributed by atoms with Crippen LogP contribution in [0.1, 0.15) is 18.4 Å². The molecule has 0 spiro atoms. The number of likely N-dealkylation sites (tertiary alicyclic amines) is 1. The Bertz CT molecular complexity index is 560. The monoisotopic (exact) mass is 303 g/mol. The molecule has 1 aliphatic heterocycles. The molecule has 2 aromatic heterocycles. The quantitative estimate of drug-likeness (QED) is 0.880. The molecule has 1 saturated heterocycles. The molecule has 3 heterocycles. The number of pyridine rings is 1. The number of nitrogens with zero attached hydrogens (tertiary/aromatic N) is 4. The molecule has 1 fully saturated rings. The van der Waals surface area contributed by atoms with Crippen LogP contribution >= 0.6 is 11.6 Å². The molecular formula is C15H18ClN5. The summed E-state index contributed by atoms with van der Waals surface area (Å²) >= 11 is 5.82. The highest BCUT2D eigenvalue weighted by atomic mass is 35.5. The molecule has 110 valence electrons. The number of piperidine rings is 1. The van der Waals surface area contributed by atoms with Crippen LogP contribution in [0, 0.1) is 0 Å². The fourth-order valence-electron chi connectivity index (χ4n) is 2.63. The van der Waals surface area contributed by atoms with E-state index in [9.17, 15) is 0 Å². The van der Waals surface area contributed by atoms with Crippen LogP contribution < -0.4 is 5.32 Å². The van der Waals surface area contributed by atoms with Crippen molar-refractivity contribution in [3.63, 3.8) is 0 Å². The Labute approximate surface area is 129 Å². The Balaban J connectivity index is 1.57. The zero-order chi connectivity index (χ0) is 14.5. The van der Waals surface area contributed by atoms with Gasteiger partial charge in [0.15, 0.2) is 0 Å². The van der Waals surface area contributed by atoms with E-state index in [1.165, 1.54) is 12.0 Å². The molecule has 6 heteroatoms. The van der Waals surface area contributed by atoms with Gasteiger partial charge in [-0.25, -0.2) is 15.0 Å². The van der Waals surface area contributed by atoms with Crippen LogP contribution in [-0.2, 0) is 6.54 Å². The van der Waals surface area contributed by atoms with Gasteiger partial charge in [0.05, 0.1) is 0 Å². The van der Waals surface area contributed by atoms with Gasteiger partial charge >= 0.3 is 0 Å². The number of aromatic nitrogens is 3. The molecule has 0 radical (unpaired) electrons. The van der Waals surface area contributed by atoms with Gasteiger partial charge in [-0.3, -0.25) is 4.90 Å². The highest BCUT2D eigenvalue weighted by Gasteiger charge is 2.20. The average Bonchev–Trinajstić information content (AvgIpc) is 2.51. The number of halogens is 1. The summed E-state index contributed by atoms with van der Waals surface area (Å²) in [5, 5.41) is 3.95. The summed E-state index contributed by atoms with van der Waals surface area (Å²) in [4.78, 5) is 15.0. The smallest absolute Gasteiger partial charge is 0.222 e. The Morgan fingerprint density at radius 1 is 1.24 bits per heavy atom. The number of anilines is 1. The Morgan fingerprint density at radius 3 is 2.86 bits per heavy atom. The van der Waals surface area contributed by atoms with E-state index in [1.807, 2.05) is 24.4 Å². The van der Waals surface area contributed by atoms with E-state index >= 15 is 0 Å². The van der Waals surface area contributed by atoms with Crippen molar-refractivity contribution >= 4 is 17.5 Å². The molecule has 1 aliphatic rings. The second kappa shape index (κ2) is 6.83. The molecule has 5 nitrogen and oxygen atoms in total. The molecular weight excluding hydrogens is 286 g/mol. The van der Waals surface area contributed by atoms with Crippen molar-refractivity contribution in [3.8, 4) is 0 Å². The van der Waals surface area contributed by atoms with Crippen LogP contribution in [0.15, 0.2) is 36.8 Å². The summed E-state index contributed by atoms with van der Waals surface area (Å²) in [6.45, 7) is 3.00. The fraction of sp³-hybridized carbons (Fsp3) is 0.400. The van der Waals surface area contributed by atoms with Crippen LogP contribution in [0.25, 0.3) is 0 Å². The van der Waals surface area contributed by atoms with E-state index in [2.05, 4.69) is 25.2 Å². The Hall–Kier alpha value is -1.72. The highest BCUT2D eigenvalue weighted by Crippen LogP contribution is 2.16. The van der Waals surface area contributed by atoms with Crippen molar-refractivity contribution in [3.05, 3.63) is 47.5 Å². The van der Waals surface area contributed by atoms with Gasteiger partial charge in [0.1, 0.15) is 5.15 Å². The maximum Gasteiger partial charge on any atom is 0.222 e. The van der Waals surface area contributed by atoms with E-state index in [-0.39, 0.29) is 0 Å². The molecule has 0 amide bonds. The third-order valence-corrected chi connectivity index (χ3v) is 3.82. The highest BCUT2D eigenvalue weighted by molar-refractivity contribution is 6.29. The summed E-state index contributed by atoms with van der Waals surface area (Å²) in [7, 11) is 0. The van der Waals surface area contributed by atoms with Gasteiger partial charge in [-0.15, -0.1) is 0 Å². The third-order valence-electron chi connectivity index (χ3n) is 3.60. The molecule has 1 unspecified atom stereocenters. The van der Waals surface area contributed by atoms with Gasteiger partial charge in [-0.1, -0.05) is 17.7 Å². The van der Waals surface area contributed by atoms with Crippen LogP contribution in [-0.4, -0.2) is 39.0 Å². The Kier molecular flexibility index (Phi) is 4.62. The van der Waals surface area contributed by atoms with Crippen molar-refractivity contribution in [2.24, 2.45) is 0 Å². The van der Waals surface area contributed by atoms with E-state index < -0.39 is 0 Å². The lowest BCUT2D eigenvalue weighted by Gasteiger charge is -2.33. The molecule has 0 bridgehead atoms. The van der Waals surface area contributed by atoms with Crippen molar-refractivity contribution in [2.75, 3.05) is 18.4 Å². The normalized spacial score (nSPS) is 19.4. The topological polar surface area (TPSA) is 53.9 Å². The lowest BCUT2D eigenvalue weighted by Crippen LogP contribution is -2.41. The van der Waals surface area contributed by atoms with E-state index in [4.69, 9.17) is 11.6 Å². The minimum absolute atomic E-state index is 0.390. The molecule has 3 rings (SSSR count). The van der Waals surface area contributed by atoms with E-state index in [0.717, 1.165) is 26.1 Å². The van der Waals surface area contributed by atoms with Crippen LogP contribution in [0.2, 0.25) is 5.15 Å². The zero-order valence-corrected chi connectivity index (χ0v) is 12.5. The maximum absolute atomic E-state index is 5.82. The number of nitrogens with one attached hydrogen (secondary N) is 1. The van der Waals surface area contributed by atoms with Gasteiger partial charge in [0.2, 0.25) is 5.95 Å². The number of hydrogen-bond acceptors (Lipinski definition) is 5. The minimum Gasteiger partial charge on any atom is -0.350 e. The van der Waals surface area contributed by atoms with Gasteiger partial charge in [-0.2, -0.15) is 0 Å². The maximum atomic E-state index is 5.82. The predicted octanol–water partition coefficient (Wildman–Crippen LogP) is 2.60. The summed E-state index contributed by atoms with van der Waals surface area (Å²) in [6.07, 6.45) is 7.68. The van der Waals surface area contributed by atoms with Gasteiger partial charge in [-0.05, 0) is 37.1 Å². The first-order valence-corrected chi connectivity index (χ1v) is 7.54. The molecule has 0 saturated carbocycles. The largest absolute Gasteiger partial charge is 0.350 e. The van der Waals surface area contributed by atoms with Gasteiger partial charge < -0.3 is 5.32 Å². The number of hydrogen-bond donors (Lipinski definition) is 1. The Morgan fingerprint density at radius 2 is 2.10 bits per heavy atom. The number of rotatable bonds is 4. The average molecular weight is 304 g/mol. The molecule has 21 heavy (non-hydrogen) atoms. The molecule has 2 aromatic rings. The third kappa shape index (κ3) is 4.12. The van der Waals surface area contributed by atoms with Crippen LogP contribution in [0.3, 0.4) is 0 Å². The minimum atomic E-state index is 0.390. The summed E-state index contributed by atoms with van der Waals surface area (Å²) < 4.78 is 0. The van der Waals surface area contributed by atoms with Crippen molar-refractivity contribution in [2.45, 2.75) is 25.4 Å². The van der Waals surface area contributed by atoms with Crippen molar-refractivity contribution < 1.29 is 0 Å². The second-order valence-corrected chi connectivity index (χ2v) is 5.67. The predicted molar refractivity (Wildman–Crippen MR) is 83.2 cm³/mol. The fourth-order valence-corrected chi connectivity index (χ4v) is 2.74. The van der Waals surface area contributed by atoms with Crippen molar-refractivity contribution in [1.82, 2.24) is 19.9 Å². The standard InChI is InChI=1S/C15H18ClN5/c16-14-5-4-12(9-19-14)10-21-8-1-3-13(11-21)20-15-17-6-2-7-18-15/h2,4-7,9,13H,1,3,8,10-11H2,(H,17,18,20). The first kappa shape index (κ1) is 14.2. The molecule has 0 aromatic carbocycles. The van der Waals surface area contributed by atoms with Gasteiger partial charge in [0.25, 0.3) is 0 Å². The molecule has 1 N–H and O–H groups in total. The zero-order valence-electron chi connectivity index (χ0n) is 11.7. The van der Waals surface area contributed by atoms with E-state index in [1.54, 1.807) is 12.4 Å². The first-order valence-electron chi connectivity index (χ1n) is 7.16. The summed E-state index contributed by atoms with van der Waals surface area (Å²) in [5.74, 6) is 0.706. The summed E-state index contributed by atoms with van der Waals surface area (Å²) in [6, 6.07) is 6.09. The summed E-state index contributed by atoms with van der Waals surface area (Å²) in [5.41, 5.74) is 1.19. The molecule has 0 aliphatic carbocycles. The van der Waals surface area contributed by atoms with Gasteiger partial charge in [0, 0.05) is 37.7 Å². The van der Waals surface area contributed by atoms with Crippen LogP contribution in [0.4, 0.5) is 5.95 Å². The van der Waals surface area contributed by atoms with E-state index in [0.29, 0.717) is 17.1 Å². The van der Waals surface area contributed by atoms with Crippen molar-refractivity contribution in [1.29, 1.82) is 0 Å². The lowest BCUT2D eigenvalue weighted by molar-refractivity contribution is 0.208. The van der Waals surface area contributed by atoms with Crippen LogP contribution in [0.5, 0.6) is 0 Å². The lowest BCUT2D eigenvalue weighted by atomic mass is 10.1.